The van der Waals surface area contributed by atoms with Crippen molar-refractivity contribution in [1.82, 2.24) is 0 Å². The van der Waals surface area contributed by atoms with Gasteiger partial charge in [-0.2, -0.15) is 0 Å². The second kappa shape index (κ2) is 34.0. The number of rotatable bonds is 6. The maximum Gasteiger partial charge on any atom is 0.216 e. The molecular formula is C99H114N6+6. The molecule has 6 aliphatic carbocycles. The first-order valence-electron chi connectivity index (χ1n) is 42.5. The Bertz CT molecular complexity index is 5520. The summed E-state index contributed by atoms with van der Waals surface area (Å²) in [4.78, 5) is 0. The number of pyridine rings is 6. The smallest absolute Gasteiger partial charge is 0.201 e. The van der Waals surface area contributed by atoms with Crippen LogP contribution in [0.15, 0.2) is 219 Å². The zero-order chi connectivity index (χ0) is 80.3. The van der Waals surface area contributed by atoms with E-state index in [-0.39, 0.29) is 12.8 Å². The van der Waals surface area contributed by atoms with E-state index in [1.165, 1.54) is 142 Å². The number of hydrogen-bond acceptors (Lipinski definition) is 0. The number of aromatic nitrogens is 6. The molecule has 6 aromatic heterocycles. The van der Waals surface area contributed by atoms with Crippen molar-refractivity contribution in [2.75, 3.05) is 0 Å². The second-order valence-electron chi connectivity index (χ2n) is 29.7. The first-order valence-corrected chi connectivity index (χ1v) is 38.5. The zero-order valence-corrected chi connectivity index (χ0v) is 64.5. The van der Waals surface area contributed by atoms with Crippen molar-refractivity contribution in [2.45, 2.75) is 176 Å². The molecule has 0 amide bonds. The van der Waals surface area contributed by atoms with Gasteiger partial charge >= 0.3 is 0 Å². The molecule has 0 N–H and O–H groups in total. The molecule has 0 spiro atoms. The average molecular weight is 1400 g/mol. The highest BCUT2D eigenvalue weighted by Crippen LogP contribution is 2.36. The van der Waals surface area contributed by atoms with Crippen molar-refractivity contribution in [3.8, 4) is 67.5 Å². The molecule has 18 rings (SSSR count). The maximum atomic E-state index is 8.43. The van der Waals surface area contributed by atoms with Gasteiger partial charge in [-0.1, -0.05) is 109 Å². The van der Waals surface area contributed by atoms with Crippen LogP contribution in [0.3, 0.4) is 0 Å². The van der Waals surface area contributed by atoms with E-state index in [2.05, 4.69) is 231 Å². The first-order chi connectivity index (χ1) is 54.0. The van der Waals surface area contributed by atoms with Crippen molar-refractivity contribution >= 4 is 0 Å². The molecule has 0 unspecified atom stereocenters. The molecule has 12 aromatic rings. The van der Waals surface area contributed by atoms with E-state index in [0.717, 1.165) is 69.7 Å². The monoisotopic (exact) mass is 1390 g/mol. The van der Waals surface area contributed by atoms with Gasteiger partial charge in [-0.25, -0.2) is 27.4 Å². The molecule has 0 saturated carbocycles. The van der Waals surface area contributed by atoms with Crippen molar-refractivity contribution in [3.05, 3.63) is 319 Å². The molecule has 6 nitrogen and oxygen atoms in total. The Morgan fingerprint density at radius 2 is 0.505 bits per heavy atom. The fourth-order valence-electron chi connectivity index (χ4n) is 16.5. The quantitative estimate of drug-likeness (QED) is 0.148. The minimum absolute atomic E-state index is 0.204. The number of benzene rings is 6. The van der Waals surface area contributed by atoms with Gasteiger partial charge in [0.05, 0.1) is 0 Å². The third-order valence-corrected chi connectivity index (χ3v) is 22.3. The SMILES string of the molecule is Cc1ccccc1-c1c2c(cc[n+]1C)CCC2.Cc1ccccc1-c1c2c(cc[n+]1C)CCCC2.Cc1ccccc1-c1cc2c(c[n+]1C)CCC2.[2H]C1([2H])CCC([2H])([2H])c2c1cc[n+](C)c2-c1ccccc1C.[2H]C1([2H])CCCc2c[n+](C)c(-c3ccccc3C)cc21.[2H]C1([2H])CCc2c[n+](C)c(-c3ccccc3C)cc21. The zero-order valence-electron chi connectivity index (χ0n) is 72.5. The van der Waals surface area contributed by atoms with E-state index in [1.807, 2.05) is 93.4 Å². The third-order valence-electron chi connectivity index (χ3n) is 22.3. The molecule has 6 aromatic carbocycles. The summed E-state index contributed by atoms with van der Waals surface area (Å²) in [6.07, 6.45) is 24.5. The van der Waals surface area contributed by atoms with Crippen LogP contribution in [0.1, 0.15) is 169 Å². The fourth-order valence-corrected chi connectivity index (χ4v) is 16.5. The van der Waals surface area contributed by atoms with Crippen LogP contribution in [0.25, 0.3) is 67.5 Å². The Balaban J connectivity index is 0.000000119. The molecule has 0 saturated heterocycles. The predicted molar refractivity (Wildman–Crippen MR) is 433 cm³/mol. The van der Waals surface area contributed by atoms with Gasteiger partial charge in [0.25, 0.3) is 0 Å². The minimum atomic E-state index is -1.52. The predicted octanol–water partition coefficient (Wildman–Crippen LogP) is 19.0. The fraction of sp³-hybridized carbons (Fsp3) is 0.333. The van der Waals surface area contributed by atoms with Gasteiger partial charge < -0.3 is 0 Å². The van der Waals surface area contributed by atoms with Crippen molar-refractivity contribution in [1.29, 1.82) is 0 Å². The molecule has 534 valence electrons. The van der Waals surface area contributed by atoms with Gasteiger partial charge in [0.15, 0.2) is 37.2 Å². The van der Waals surface area contributed by atoms with Crippen LogP contribution in [0, 0.1) is 41.5 Å². The van der Waals surface area contributed by atoms with E-state index >= 15 is 0 Å². The van der Waals surface area contributed by atoms with E-state index in [0.29, 0.717) is 24.0 Å². The van der Waals surface area contributed by atoms with Crippen molar-refractivity contribution in [3.63, 3.8) is 0 Å². The summed E-state index contributed by atoms with van der Waals surface area (Å²) in [5.41, 5.74) is 36.5. The number of fused-ring (bicyclic) bond motifs is 6. The Kier molecular flexibility index (Phi) is 20.6. The van der Waals surface area contributed by atoms with E-state index in [9.17, 15) is 0 Å². The molecule has 0 bridgehead atoms. The number of nitrogens with zero attached hydrogens (tertiary/aromatic N) is 6. The lowest BCUT2D eigenvalue weighted by molar-refractivity contribution is -0.661. The summed E-state index contributed by atoms with van der Waals surface area (Å²) in [5, 5.41) is 0. The van der Waals surface area contributed by atoms with Gasteiger partial charge in [0, 0.05) is 114 Å². The van der Waals surface area contributed by atoms with Crippen LogP contribution < -0.4 is 27.4 Å². The molecule has 6 aliphatic rings. The second-order valence-corrected chi connectivity index (χ2v) is 29.7. The number of aryl methyl sites for hydroxylation is 21. The van der Waals surface area contributed by atoms with Crippen LogP contribution in [0.2, 0.25) is 0 Å². The van der Waals surface area contributed by atoms with Crippen LogP contribution in [-0.2, 0) is 119 Å². The van der Waals surface area contributed by atoms with Crippen molar-refractivity contribution < 1.29 is 38.4 Å². The summed E-state index contributed by atoms with van der Waals surface area (Å²) in [6, 6.07) is 63.2. The van der Waals surface area contributed by atoms with E-state index < -0.39 is 25.5 Å². The van der Waals surface area contributed by atoms with Gasteiger partial charge in [-0.3, -0.25) is 0 Å². The Hall–Kier alpha value is -9.78. The Morgan fingerprint density at radius 1 is 0.229 bits per heavy atom. The summed E-state index contributed by atoms with van der Waals surface area (Å²) < 4.78 is 79.1. The van der Waals surface area contributed by atoms with Gasteiger partial charge in [0.2, 0.25) is 34.2 Å². The molecule has 0 atom stereocenters. The average Bonchev–Trinajstić information content (AvgIpc) is 1.54. The molecular weight excluding hydrogens is 1270 g/mol. The molecule has 105 heavy (non-hydrogen) atoms. The minimum Gasteiger partial charge on any atom is -0.201 e. The van der Waals surface area contributed by atoms with Gasteiger partial charge in [-0.15, -0.1) is 0 Å². The lowest BCUT2D eigenvalue weighted by Crippen LogP contribution is -2.33. The van der Waals surface area contributed by atoms with Crippen LogP contribution in [-0.4, -0.2) is 0 Å². The lowest BCUT2D eigenvalue weighted by atomic mass is 9.88. The van der Waals surface area contributed by atoms with Crippen LogP contribution in [0.4, 0.5) is 0 Å². The highest BCUT2D eigenvalue weighted by molar-refractivity contribution is 5.69. The lowest BCUT2D eigenvalue weighted by Gasteiger charge is -2.17. The summed E-state index contributed by atoms with van der Waals surface area (Å²) in [5.74, 6) is 0. The molecule has 0 aliphatic heterocycles. The summed E-state index contributed by atoms with van der Waals surface area (Å²) in [6.45, 7) is 12.8. The number of hydrogen-bond donors (Lipinski definition) is 0. The molecule has 0 fully saturated rings. The van der Waals surface area contributed by atoms with Crippen molar-refractivity contribution in [2.24, 2.45) is 42.3 Å². The molecule has 0 radical (unpaired) electrons. The van der Waals surface area contributed by atoms with E-state index in [1.54, 1.807) is 33.9 Å². The maximum absolute atomic E-state index is 8.43. The summed E-state index contributed by atoms with van der Waals surface area (Å²) in [7, 11) is 12.4. The van der Waals surface area contributed by atoms with Gasteiger partial charge in [-0.05, 0) is 279 Å². The Morgan fingerprint density at radius 3 is 0.952 bits per heavy atom. The highest BCUT2D eigenvalue weighted by atomic mass is 14.9. The Labute approximate surface area is 640 Å². The highest BCUT2D eigenvalue weighted by Gasteiger charge is 2.28. The standard InChI is InChI=1S/3C17H20N.3C16H18N/c1-13-7-3-6-10-16(13)17-11-14-8-4-5-9-15(14)12-18(17)2;2*1-13-7-3-5-9-15(13)17-16-10-6-4-8-14(16)11-12-18(17)2;2*1-12-6-3-4-9-15(12)16-10-13-7-5-8-14(13)11-17(16)2;1-12-6-3-4-8-14(12)16-15-9-5-7-13(15)10-11-17(16)2/h3,6-7,10-12H,4-5,8-9H2,1-2H3;2*3,5,7,9,11-12H,4,6,8,10H2,1-2H3;2*3-4,6,9-11H,5,7-8H2,1-2H3;3-4,6,8,10-11H,5,7,9H2,1-2H3/q6*+1/i8D2;8D2,10D2;;7D2;;. The van der Waals surface area contributed by atoms with Crippen LogP contribution >= 0.6 is 0 Å². The van der Waals surface area contributed by atoms with Crippen LogP contribution in [0.5, 0.6) is 0 Å². The first kappa shape index (κ1) is 63.7. The normalized spacial score (nSPS) is 17.1. The van der Waals surface area contributed by atoms with E-state index in [4.69, 9.17) is 11.0 Å². The summed E-state index contributed by atoms with van der Waals surface area (Å²) >= 11 is 0. The topological polar surface area (TPSA) is 23.3 Å². The molecule has 6 heteroatoms. The largest absolute Gasteiger partial charge is 0.216 e. The molecule has 6 heterocycles. The third kappa shape index (κ3) is 16.8. The van der Waals surface area contributed by atoms with Gasteiger partial charge in [0.1, 0.15) is 42.3 Å².